The summed E-state index contributed by atoms with van der Waals surface area (Å²) in [5, 5.41) is 3.16. The second kappa shape index (κ2) is 6.14. The number of hydrogen-bond acceptors (Lipinski definition) is 3. The minimum Gasteiger partial charge on any atom is -0.496 e. The molecule has 2 aromatic carbocycles. The molecule has 100 valence electrons. The van der Waals surface area contributed by atoms with Crippen LogP contribution in [0.15, 0.2) is 42.5 Å². The molecule has 19 heavy (non-hydrogen) atoms. The summed E-state index contributed by atoms with van der Waals surface area (Å²) < 4.78 is 11.3. The topological polar surface area (TPSA) is 30.5 Å². The van der Waals surface area contributed by atoms with Gasteiger partial charge in [0, 0.05) is 12.7 Å². The lowest BCUT2D eigenvalue weighted by Gasteiger charge is -2.15. The molecule has 0 fully saturated rings. The van der Waals surface area contributed by atoms with Crippen molar-refractivity contribution in [3.05, 3.63) is 53.6 Å². The zero-order valence-electron chi connectivity index (χ0n) is 11.6. The minimum atomic E-state index is 0.477. The van der Waals surface area contributed by atoms with Crippen LogP contribution in [0.5, 0.6) is 11.5 Å². The van der Waals surface area contributed by atoms with Crippen molar-refractivity contribution in [3.63, 3.8) is 0 Å². The molecule has 2 aromatic rings. The maximum absolute atomic E-state index is 5.89. The van der Waals surface area contributed by atoms with Gasteiger partial charge in [-0.05, 0) is 30.7 Å². The Hall–Kier alpha value is -2.16. The highest BCUT2D eigenvalue weighted by Gasteiger charge is 2.09. The van der Waals surface area contributed by atoms with Gasteiger partial charge in [0.25, 0.3) is 0 Å². The van der Waals surface area contributed by atoms with E-state index in [2.05, 4.69) is 5.32 Å². The third-order valence-electron chi connectivity index (χ3n) is 3.09. The molecule has 1 N–H and O–H groups in total. The van der Waals surface area contributed by atoms with Crippen molar-refractivity contribution in [2.24, 2.45) is 0 Å². The molecule has 0 atom stereocenters. The van der Waals surface area contributed by atoms with Gasteiger partial charge in [0.2, 0.25) is 0 Å². The fraction of sp³-hybridized carbons (Fsp3) is 0.250. The predicted molar refractivity (Wildman–Crippen MR) is 78.1 cm³/mol. The molecule has 0 radical (unpaired) electrons. The first-order chi connectivity index (χ1) is 9.26. The predicted octanol–water partition coefficient (Wildman–Crippen LogP) is 3.62. The van der Waals surface area contributed by atoms with Crippen LogP contribution in [0.25, 0.3) is 0 Å². The molecule has 0 aliphatic rings. The van der Waals surface area contributed by atoms with Crippen molar-refractivity contribution in [1.82, 2.24) is 0 Å². The fourth-order valence-electron chi connectivity index (χ4n) is 2.01. The Bertz CT molecular complexity index is 530. The highest BCUT2D eigenvalue weighted by atomic mass is 16.5. The average molecular weight is 257 g/mol. The lowest BCUT2D eigenvalue weighted by atomic mass is 10.1. The maximum Gasteiger partial charge on any atom is 0.127 e. The van der Waals surface area contributed by atoms with Crippen molar-refractivity contribution in [2.75, 3.05) is 19.5 Å². The Kier molecular flexibility index (Phi) is 4.29. The van der Waals surface area contributed by atoms with Crippen molar-refractivity contribution >= 4 is 5.69 Å². The summed E-state index contributed by atoms with van der Waals surface area (Å²) in [4.78, 5) is 0. The van der Waals surface area contributed by atoms with E-state index in [9.17, 15) is 0 Å². The number of benzene rings is 2. The van der Waals surface area contributed by atoms with Crippen molar-refractivity contribution in [3.8, 4) is 11.5 Å². The number of anilines is 1. The van der Waals surface area contributed by atoms with Crippen LogP contribution < -0.4 is 14.8 Å². The second-order valence-electron chi connectivity index (χ2n) is 4.29. The molecule has 3 heteroatoms. The van der Waals surface area contributed by atoms with Gasteiger partial charge < -0.3 is 14.8 Å². The molecule has 0 saturated carbocycles. The Morgan fingerprint density at radius 3 is 2.42 bits per heavy atom. The first-order valence-corrected chi connectivity index (χ1v) is 6.28. The molecular formula is C16H19NO2. The van der Waals surface area contributed by atoms with Gasteiger partial charge >= 0.3 is 0 Å². The van der Waals surface area contributed by atoms with Gasteiger partial charge in [-0.1, -0.05) is 24.3 Å². The highest BCUT2D eigenvalue weighted by Crippen LogP contribution is 2.28. The summed E-state index contributed by atoms with van der Waals surface area (Å²) in [5.41, 5.74) is 3.17. The Labute approximate surface area is 114 Å². The van der Waals surface area contributed by atoms with Gasteiger partial charge in [-0.15, -0.1) is 0 Å². The van der Waals surface area contributed by atoms with Crippen LogP contribution in [0.4, 0.5) is 5.69 Å². The minimum absolute atomic E-state index is 0.477. The lowest BCUT2D eigenvalue weighted by Crippen LogP contribution is -2.03. The number of hydrogen-bond donors (Lipinski definition) is 1. The molecule has 0 aliphatic carbocycles. The molecule has 0 spiro atoms. The SMILES string of the molecule is CNc1cccc(OC)c1COc1ccccc1C. The van der Waals surface area contributed by atoms with Crippen LogP contribution in [0.3, 0.4) is 0 Å². The number of para-hydroxylation sites is 1. The number of ether oxygens (including phenoxy) is 2. The van der Waals surface area contributed by atoms with Crippen LogP contribution in [-0.2, 0) is 6.61 Å². The highest BCUT2D eigenvalue weighted by molar-refractivity contribution is 5.57. The van der Waals surface area contributed by atoms with Crippen LogP contribution in [0.2, 0.25) is 0 Å². The van der Waals surface area contributed by atoms with E-state index >= 15 is 0 Å². The van der Waals surface area contributed by atoms with Gasteiger partial charge in [0.1, 0.15) is 18.1 Å². The van der Waals surface area contributed by atoms with E-state index < -0.39 is 0 Å². The van der Waals surface area contributed by atoms with Gasteiger partial charge in [0.05, 0.1) is 12.7 Å². The molecule has 0 aromatic heterocycles. The molecule has 2 rings (SSSR count). The lowest BCUT2D eigenvalue weighted by molar-refractivity contribution is 0.295. The van der Waals surface area contributed by atoms with Crippen molar-refractivity contribution < 1.29 is 9.47 Å². The van der Waals surface area contributed by atoms with E-state index in [0.717, 1.165) is 28.3 Å². The zero-order valence-corrected chi connectivity index (χ0v) is 11.6. The first kappa shape index (κ1) is 13.3. The first-order valence-electron chi connectivity index (χ1n) is 6.28. The van der Waals surface area contributed by atoms with Crippen LogP contribution in [-0.4, -0.2) is 14.2 Å². The van der Waals surface area contributed by atoms with E-state index in [1.165, 1.54) is 0 Å². The number of nitrogens with one attached hydrogen (secondary N) is 1. The van der Waals surface area contributed by atoms with Gasteiger partial charge in [-0.3, -0.25) is 0 Å². The van der Waals surface area contributed by atoms with E-state index in [1.54, 1.807) is 7.11 Å². The van der Waals surface area contributed by atoms with Crippen molar-refractivity contribution in [2.45, 2.75) is 13.5 Å². The third-order valence-corrected chi connectivity index (χ3v) is 3.09. The summed E-state index contributed by atoms with van der Waals surface area (Å²) in [6.45, 7) is 2.52. The maximum atomic E-state index is 5.89. The molecule has 0 bridgehead atoms. The number of aryl methyl sites for hydroxylation is 1. The Morgan fingerprint density at radius 1 is 1.00 bits per heavy atom. The van der Waals surface area contributed by atoms with Crippen LogP contribution in [0, 0.1) is 6.92 Å². The summed E-state index contributed by atoms with van der Waals surface area (Å²) >= 11 is 0. The molecule has 0 heterocycles. The van der Waals surface area contributed by atoms with Gasteiger partial charge in [0.15, 0.2) is 0 Å². The average Bonchev–Trinajstić information content (AvgIpc) is 2.46. The standard InChI is InChI=1S/C16H19NO2/c1-12-7-4-5-9-15(12)19-11-13-14(17-2)8-6-10-16(13)18-3/h4-10,17H,11H2,1-3H3. The van der Waals surface area contributed by atoms with Crippen LogP contribution >= 0.6 is 0 Å². The van der Waals surface area contributed by atoms with Crippen LogP contribution in [0.1, 0.15) is 11.1 Å². The van der Waals surface area contributed by atoms with Gasteiger partial charge in [-0.25, -0.2) is 0 Å². The molecule has 0 amide bonds. The van der Waals surface area contributed by atoms with E-state index in [0.29, 0.717) is 6.61 Å². The number of rotatable bonds is 5. The van der Waals surface area contributed by atoms with Gasteiger partial charge in [-0.2, -0.15) is 0 Å². The molecule has 0 unspecified atom stereocenters. The van der Waals surface area contributed by atoms with E-state index in [-0.39, 0.29) is 0 Å². The normalized spacial score (nSPS) is 10.1. The van der Waals surface area contributed by atoms with Crippen molar-refractivity contribution in [1.29, 1.82) is 0 Å². The number of methoxy groups -OCH3 is 1. The Balaban J connectivity index is 2.21. The molecular weight excluding hydrogens is 238 g/mol. The quantitative estimate of drug-likeness (QED) is 0.887. The summed E-state index contributed by atoms with van der Waals surface area (Å²) in [6.07, 6.45) is 0. The largest absolute Gasteiger partial charge is 0.496 e. The third kappa shape index (κ3) is 2.99. The summed E-state index contributed by atoms with van der Waals surface area (Å²) in [6, 6.07) is 13.9. The monoisotopic (exact) mass is 257 g/mol. The van der Waals surface area contributed by atoms with E-state index in [1.807, 2.05) is 56.4 Å². The molecule has 0 saturated heterocycles. The van der Waals surface area contributed by atoms with E-state index in [4.69, 9.17) is 9.47 Å². The Morgan fingerprint density at radius 2 is 1.74 bits per heavy atom. The fourth-order valence-corrected chi connectivity index (χ4v) is 2.01. The second-order valence-corrected chi connectivity index (χ2v) is 4.29. The molecule has 0 aliphatic heterocycles. The smallest absolute Gasteiger partial charge is 0.127 e. The zero-order chi connectivity index (χ0) is 13.7. The molecule has 3 nitrogen and oxygen atoms in total. The summed E-state index contributed by atoms with van der Waals surface area (Å²) in [5.74, 6) is 1.73. The summed E-state index contributed by atoms with van der Waals surface area (Å²) in [7, 11) is 3.57.